The van der Waals surface area contributed by atoms with Crippen LogP contribution >= 0.6 is 23.2 Å². The molecule has 0 radical (unpaired) electrons. The summed E-state index contributed by atoms with van der Waals surface area (Å²) < 4.78 is 17.2. The van der Waals surface area contributed by atoms with E-state index in [1.54, 1.807) is 24.3 Å². The highest BCUT2D eigenvalue weighted by Crippen LogP contribution is 2.25. The molecule has 2 N–H and O–H groups in total. The summed E-state index contributed by atoms with van der Waals surface area (Å²) in [6.45, 7) is 6.01. The van der Waals surface area contributed by atoms with Gasteiger partial charge in [-0.15, -0.1) is 0 Å². The Labute approximate surface area is 153 Å². The van der Waals surface area contributed by atoms with E-state index in [1.807, 2.05) is 32.9 Å². The van der Waals surface area contributed by atoms with Gasteiger partial charge >= 0.3 is 7.32 Å². The molecule has 2 aromatic carbocycles. The number of hydrogen-bond acceptors (Lipinski definition) is 4. The van der Waals surface area contributed by atoms with Gasteiger partial charge in [0.15, 0.2) is 0 Å². The third kappa shape index (κ3) is 5.31. The van der Waals surface area contributed by atoms with E-state index >= 15 is 0 Å². The average Bonchev–Trinajstić information content (AvgIpc) is 2.54. The van der Waals surface area contributed by atoms with Crippen molar-refractivity contribution in [3.05, 3.63) is 57.6 Å². The molecule has 0 amide bonds. The van der Waals surface area contributed by atoms with E-state index in [4.69, 9.17) is 42.9 Å². The maximum absolute atomic E-state index is 6.13. The highest BCUT2D eigenvalue weighted by molar-refractivity contribution is 6.39. The summed E-state index contributed by atoms with van der Waals surface area (Å²) in [4.78, 5) is 0. The lowest BCUT2D eigenvalue weighted by atomic mass is 10.1. The molecule has 0 bridgehead atoms. The van der Waals surface area contributed by atoms with Gasteiger partial charge in [0.1, 0.15) is 11.5 Å². The van der Waals surface area contributed by atoms with Gasteiger partial charge in [-0.2, -0.15) is 0 Å². The second kappa shape index (κ2) is 8.63. The van der Waals surface area contributed by atoms with Gasteiger partial charge in [0.2, 0.25) is 0 Å². The van der Waals surface area contributed by atoms with E-state index < -0.39 is 7.32 Å². The summed E-state index contributed by atoms with van der Waals surface area (Å²) in [5.74, 6) is 1.08. The third-order valence-corrected chi connectivity index (χ3v) is 4.24. The Balaban J connectivity index is 2.16. The third-order valence-electron chi connectivity index (χ3n) is 3.43. The average molecular weight is 368 g/mol. The van der Waals surface area contributed by atoms with Gasteiger partial charge < -0.3 is 19.7 Å². The molecule has 0 aliphatic heterocycles. The summed E-state index contributed by atoms with van der Waals surface area (Å²) in [5.41, 5.74) is 7.54. The van der Waals surface area contributed by atoms with Crippen LogP contribution < -0.4 is 15.0 Å². The highest BCUT2D eigenvalue weighted by atomic mass is 35.5. The molecule has 0 heterocycles. The number of halogens is 2. The predicted octanol–water partition coefficient (Wildman–Crippen LogP) is 4.42. The second-order valence-electron chi connectivity index (χ2n) is 5.53. The molecule has 2 aromatic rings. The van der Waals surface area contributed by atoms with Crippen molar-refractivity contribution in [2.24, 2.45) is 5.73 Å². The number of rotatable bonds is 7. The van der Waals surface area contributed by atoms with Crippen LogP contribution in [0.2, 0.25) is 10.0 Å². The van der Waals surface area contributed by atoms with Crippen molar-refractivity contribution in [3.8, 4) is 11.5 Å². The van der Waals surface area contributed by atoms with Crippen LogP contribution in [-0.4, -0.2) is 20.0 Å². The van der Waals surface area contributed by atoms with Crippen LogP contribution in [0.5, 0.6) is 11.5 Å². The van der Waals surface area contributed by atoms with Gasteiger partial charge in [0.25, 0.3) is 0 Å². The van der Waals surface area contributed by atoms with Gasteiger partial charge in [-0.05, 0) is 56.2 Å². The van der Waals surface area contributed by atoms with E-state index in [1.165, 1.54) is 0 Å². The second-order valence-corrected chi connectivity index (χ2v) is 6.34. The Morgan fingerprint density at radius 2 is 1.42 bits per heavy atom. The first-order valence-corrected chi connectivity index (χ1v) is 8.35. The van der Waals surface area contributed by atoms with Crippen LogP contribution in [0.4, 0.5) is 0 Å². The maximum atomic E-state index is 6.13. The van der Waals surface area contributed by atoms with E-state index in [2.05, 4.69) is 0 Å². The van der Waals surface area contributed by atoms with Crippen molar-refractivity contribution in [2.45, 2.75) is 26.9 Å². The van der Waals surface area contributed by atoms with Gasteiger partial charge in [-0.1, -0.05) is 35.3 Å². The molecule has 0 spiro atoms. The molecule has 0 aromatic heterocycles. The molecule has 1 unspecified atom stereocenters. The number of aryl methyl sites for hydroxylation is 2. The Hall–Kier alpha value is -1.40. The summed E-state index contributed by atoms with van der Waals surface area (Å²) in [5, 5.41) is 1.22. The SMILES string of the molecule is Cc1ccc(OB(Oc2ccc(C)c(Cl)c2)OC(C)CN)cc1Cl. The lowest BCUT2D eigenvalue weighted by Crippen LogP contribution is -2.39. The van der Waals surface area contributed by atoms with Crippen molar-refractivity contribution in [3.63, 3.8) is 0 Å². The molecule has 2 rings (SSSR count). The van der Waals surface area contributed by atoms with E-state index in [0.717, 1.165) is 11.1 Å². The zero-order chi connectivity index (χ0) is 17.7. The normalized spacial score (nSPS) is 11.9. The fourth-order valence-electron chi connectivity index (χ4n) is 1.84. The quantitative estimate of drug-likeness (QED) is 0.736. The van der Waals surface area contributed by atoms with Crippen molar-refractivity contribution >= 4 is 30.5 Å². The van der Waals surface area contributed by atoms with Crippen molar-refractivity contribution in [2.75, 3.05) is 6.54 Å². The molecule has 0 aliphatic rings. The van der Waals surface area contributed by atoms with E-state index in [9.17, 15) is 0 Å². The first-order valence-electron chi connectivity index (χ1n) is 7.60. The predicted molar refractivity (Wildman–Crippen MR) is 99.0 cm³/mol. The molecule has 0 fully saturated rings. The Kier molecular flexibility index (Phi) is 6.81. The van der Waals surface area contributed by atoms with Crippen LogP contribution in [0, 0.1) is 13.8 Å². The molecule has 1 atom stereocenters. The van der Waals surface area contributed by atoms with E-state index in [-0.39, 0.29) is 6.10 Å². The summed E-state index contributed by atoms with van der Waals surface area (Å²) in [6, 6.07) is 10.8. The topological polar surface area (TPSA) is 53.7 Å². The molecule has 128 valence electrons. The number of nitrogens with two attached hydrogens (primary N) is 1. The monoisotopic (exact) mass is 367 g/mol. The largest absolute Gasteiger partial charge is 0.788 e. The van der Waals surface area contributed by atoms with Crippen LogP contribution in [0.25, 0.3) is 0 Å². The first-order chi connectivity index (χ1) is 11.4. The van der Waals surface area contributed by atoms with E-state index in [0.29, 0.717) is 28.1 Å². The smallest absolute Gasteiger partial charge is 0.501 e. The molecular weight excluding hydrogens is 348 g/mol. The fourth-order valence-corrected chi connectivity index (χ4v) is 2.18. The van der Waals surface area contributed by atoms with Crippen molar-refractivity contribution in [1.29, 1.82) is 0 Å². The lowest BCUT2D eigenvalue weighted by molar-refractivity contribution is 0.147. The first kappa shape index (κ1) is 18.9. The maximum Gasteiger partial charge on any atom is 0.788 e. The van der Waals surface area contributed by atoms with Crippen molar-refractivity contribution in [1.82, 2.24) is 0 Å². The number of hydrogen-bond donors (Lipinski definition) is 1. The summed E-state index contributed by atoms with van der Waals surface area (Å²) in [7, 11) is -0.971. The summed E-state index contributed by atoms with van der Waals surface area (Å²) in [6.07, 6.45) is -0.239. The van der Waals surface area contributed by atoms with Crippen LogP contribution in [0.3, 0.4) is 0 Å². The van der Waals surface area contributed by atoms with Gasteiger partial charge in [0.05, 0.1) is 6.10 Å². The highest BCUT2D eigenvalue weighted by Gasteiger charge is 2.29. The van der Waals surface area contributed by atoms with Crippen LogP contribution in [0.15, 0.2) is 36.4 Å². The van der Waals surface area contributed by atoms with Gasteiger partial charge in [0, 0.05) is 16.6 Å². The molecular formula is C17H20BCl2NO3. The van der Waals surface area contributed by atoms with Gasteiger partial charge in [-0.25, -0.2) is 0 Å². The Bertz CT molecular complexity index is 646. The van der Waals surface area contributed by atoms with Gasteiger partial charge in [-0.3, -0.25) is 0 Å². The van der Waals surface area contributed by atoms with Crippen LogP contribution in [-0.2, 0) is 4.65 Å². The molecule has 0 saturated carbocycles. The molecule has 7 heteroatoms. The fraction of sp³-hybridized carbons (Fsp3) is 0.294. The summed E-state index contributed by atoms with van der Waals surface area (Å²) >= 11 is 12.3. The zero-order valence-electron chi connectivity index (χ0n) is 13.9. The minimum Gasteiger partial charge on any atom is -0.501 e. The zero-order valence-corrected chi connectivity index (χ0v) is 15.4. The lowest BCUT2D eigenvalue weighted by Gasteiger charge is -2.19. The Morgan fingerprint density at radius 3 is 1.79 bits per heavy atom. The molecule has 0 aliphatic carbocycles. The van der Waals surface area contributed by atoms with Crippen LogP contribution in [0.1, 0.15) is 18.1 Å². The standard InChI is InChI=1S/C17H20BCl2NO3/c1-11-4-6-14(8-16(11)19)23-18(22-13(3)10-21)24-15-7-5-12(2)17(20)9-15/h4-9,13H,10,21H2,1-3H3. The molecule has 24 heavy (non-hydrogen) atoms. The molecule has 4 nitrogen and oxygen atoms in total. The van der Waals surface area contributed by atoms with Crippen molar-refractivity contribution < 1.29 is 14.0 Å². The number of benzene rings is 2. The minimum absolute atomic E-state index is 0.239. The molecule has 0 saturated heterocycles. The Morgan fingerprint density at radius 1 is 0.958 bits per heavy atom. The minimum atomic E-state index is -0.971.